The fraction of sp³-hybridized carbons (Fsp3) is 0.333. The molecule has 1 aliphatic rings. The minimum Gasteiger partial charge on any atom is -0.267 e. The molecule has 0 unspecified atom stereocenters. The minimum atomic E-state index is -3.85. The highest BCUT2D eigenvalue weighted by molar-refractivity contribution is 7.90. The molecule has 0 spiro atoms. The van der Waals surface area contributed by atoms with Gasteiger partial charge in [-0.05, 0) is 18.6 Å². The average molecular weight is 267 g/mol. The van der Waals surface area contributed by atoms with Gasteiger partial charge in [-0.2, -0.15) is 4.31 Å². The van der Waals surface area contributed by atoms with E-state index in [9.17, 15) is 18.0 Å². The monoisotopic (exact) mass is 267 g/mol. The number of imide groups is 1. The van der Waals surface area contributed by atoms with Crippen molar-refractivity contribution < 1.29 is 18.0 Å². The standard InChI is InChI=1S/C12H13NO4S/c1-2-3-8-18(16,17)13-11(14)9-6-4-5-7-10(9)12(13)15/h4-7H,2-3,8H2,1H3. The van der Waals surface area contributed by atoms with E-state index in [1.54, 1.807) is 12.1 Å². The van der Waals surface area contributed by atoms with Gasteiger partial charge >= 0.3 is 0 Å². The van der Waals surface area contributed by atoms with Crippen molar-refractivity contribution in [1.82, 2.24) is 4.31 Å². The van der Waals surface area contributed by atoms with Gasteiger partial charge in [0, 0.05) is 0 Å². The van der Waals surface area contributed by atoms with Crippen LogP contribution in [0.15, 0.2) is 24.3 Å². The Morgan fingerprint density at radius 2 is 1.56 bits per heavy atom. The maximum absolute atomic E-state index is 12.0. The smallest absolute Gasteiger partial charge is 0.267 e. The second-order valence-electron chi connectivity index (χ2n) is 4.09. The molecular weight excluding hydrogens is 254 g/mol. The molecule has 2 rings (SSSR count). The summed E-state index contributed by atoms with van der Waals surface area (Å²) >= 11 is 0. The number of benzene rings is 1. The Labute approximate surface area is 105 Å². The summed E-state index contributed by atoms with van der Waals surface area (Å²) in [6.07, 6.45) is 1.11. The minimum absolute atomic E-state index is 0.155. The Morgan fingerprint density at radius 1 is 1.06 bits per heavy atom. The van der Waals surface area contributed by atoms with E-state index in [0.717, 1.165) is 0 Å². The summed E-state index contributed by atoms with van der Waals surface area (Å²) < 4.78 is 24.3. The topological polar surface area (TPSA) is 71.5 Å². The Hall–Kier alpha value is -1.69. The molecule has 1 aromatic rings. The van der Waals surface area contributed by atoms with Gasteiger partial charge < -0.3 is 0 Å². The van der Waals surface area contributed by atoms with Crippen LogP contribution in [0.1, 0.15) is 40.5 Å². The molecule has 0 aromatic heterocycles. The number of hydrogen-bond acceptors (Lipinski definition) is 4. The molecule has 0 N–H and O–H groups in total. The molecule has 0 saturated heterocycles. The Bertz CT molecular complexity index is 571. The van der Waals surface area contributed by atoms with Crippen LogP contribution in [0.5, 0.6) is 0 Å². The number of sulfonamides is 1. The van der Waals surface area contributed by atoms with Crippen molar-refractivity contribution in [2.45, 2.75) is 19.8 Å². The number of hydrogen-bond donors (Lipinski definition) is 0. The zero-order chi connectivity index (χ0) is 13.3. The van der Waals surface area contributed by atoms with Gasteiger partial charge in [0.2, 0.25) is 10.0 Å². The van der Waals surface area contributed by atoms with E-state index >= 15 is 0 Å². The van der Waals surface area contributed by atoms with Crippen molar-refractivity contribution in [2.75, 3.05) is 5.75 Å². The first-order valence-corrected chi connectivity index (χ1v) is 7.30. The highest BCUT2D eigenvalue weighted by atomic mass is 32.2. The van der Waals surface area contributed by atoms with Crippen molar-refractivity contribution in [3.05, 3.63) is 35.4 Å². The third-order valence-corrected chi connectivity index (χ3v) is 4.48. The largest absolute Gasteiger partial charge is 0.275 e. The van der Waals surface area contributed by atoms with Crippen molar-refractivity contribution in [3.63, 3.8) is 0 Å². The van der Waals surface area contributed by atoms with Gasteiger partial charge in [0.05, 0.1) is 16.9 Å². The molecule has 0 radical (unpaired) electrons. The number of amides is 2. The van der Waals surface area contributed by atoms with Crippen LogP contribution in [-0.4, -0.2) is 30.3 Å². The Kier molecular flexibility index (Phi) is 3.21. The summed E-state index contributed by atoms with van der Waals surface area (Å²) in [5.74, 6) is -1.67. The molecule has 1 heterocycles. The molecule has 2 amide bonds. The summed E-state index contributed by atoms with van der Waals surface area (Å²) in [6, 6.07) is 6.13. The van der Waals surface area contributed by atoms with E-state index in [1.165, 1.54) is 12.1 Å². The lowest BCUT2D eigenvalue weighted by atomic mass is 10.1. The second kappa shape index (κ2) is 4.53. The highest BCUT2D eigenvalue weighted by Crippen LogP contribution is 2.25. The fourth-order valence-electron chi connectivity index (χ4n) is 1.84. The summed E-state index contributed by atoms with van der Waals surface area (Å²) in [7, 11) is -3.85. The van der Waals surface area contributed by atoms with Gasteiger partial charge in [0.1, 0.15) is 0 Å². The lowest BCUT2D eigenvalue weighted by molar-refractivity contribution is 0.0765. The molecule has 0 aliphatic carbocycles. The quantitative estimate of drug-likeness (QED) is 0.773. The molecule has 0 bridgehead atoms. The normalized spacial score (nSPS) is 15.1. The van der Waals surface area contributed by atoms with Crippen molar-refractivity contribution in [1.29, 1.82) is 0 Å². The van der Waals surface area contributed by atoms with E-state index in [4.69, 9.17) is 0 Å². The molecule has 1 aliphatic heterocycles. The number of nitrogens with zero attached hydrogens (tertiary/aromatic N) is 1. The second-order valence-corrected chi connectivity index (χ2v) is 6.03. The zero-order valence-electron chi connectivity index (χ0n) is 9.92. The predicted molar refractivity (Wildman–Crippen MR) is 65.6 cm³/mol. The SMILES string of the molecule is CCCCS(=O)(=O)N1C(=O)c2ccccc2C1=O. The lowest BCUT2D eigenvalue weighted by Gasteiger charge is -2.13. The van der Waals surface area contributed by atoms with E-state index in [2.05, 4.69) is 0 Å². The van der Waals surface area contributed by atoms with Crippen LogP contribution in [0.2, 0.25) is 0 Å². The Morgan fingerprint density at radius 3 is 2.00 bits per heavy atom. The fourth-order valence-corrected chi connectivity index (χ4v) is 3.38. The first-order chi connectivity index (χ1) is 8.49. The molecule has 5 nitrogen and oxygen atoms in total. The first-order valence-electron chi connectivity index (χ1n) is 5.69. The highest BCUT2D eigenvalue weighted by Gasteiger charge is 2.42. The van der Waals surface area contributed by atoms with Crippen LogP contribution < -0.4 is 0 Å². The van der Waals surface area contributed by atoms with Crippen LogP contribution in [0.4, 0.5) is 0 Å². The van der Waals surface area contributed by atoms with Crippen molar-refractivity contribution in [2.24, 2.45) is 0 Å². The van der Waals surface area contributed by atoms with Gasteiger partial charge in [-0.1, -0.05) is 25.5 Å². The number of carbonyl (C=O) groups excluding carboxylic acids is 2. The Balaban J connectivity index is 2.40. The van der Waals surface area contributed by atoms with E-state index in [0.29, 0.717) is 17.1 Å². The molecule has 6 heteroatoms. The molecule has 0 saturated carbocycles. The third-order valence-electron chi connectivity index (χ3n) is 2.79. The summed E-state index contributed by atoms with van der Waals surface area (Å²) in [6.45, 7) is 1.85. The summed E-state index contributed by atoms with van der Waals surface area (Å²) in [5.41, 5.74) is 0.310. The molecule has 18 heavy (non-hydrogen) atoms. The maximum Gasteiger partial charge on any atom is 0.275 e. The molecule has 96 valence electrons. The third kappa shape index (κ3) is 1.92. The van der Waals surface area contributed by atoms with Crippen molar-refractivity contribution >= 4 is 21.8 Å². The molecule has 0 atom stereocenters. The number of fused-ring (bicyclic) bond motifs is 1. The summed E-state index contributed by atoms with van der Waals surface area (Å²) in [4.78, 5) is 23.9. The van der Waals surface area contributed by atoms with Crippen LogP contribution >= 0.6 is 0 Å². The lowest BCUT2D eigenvalue weighted by Crippen LogP contribution is -2.37. The summed E-state index contributed by atoms with van der Waals surface area (Å²) in [5, 5.41) is 0. The van der Waals surface area contributed by atoms with Gasteiger partial charge in [-0.3, -0.25) is 9.59 Å². The zero-order valence-corrected chi connectivity index (χ0v) is 10.7. The average Bonchev–Trinajstić information content (AvgIpc) is 2.61. The van der Waals surface area contributed by atoms with Gasteiger partial charge in [0.25, 0.3) is 11.8 Å². The van der Waals surface area contributed by atoms with E-state index < -0.39 is 21.8 Å². The van der Waals surface area contributed by atoms with Crippen LogP contribution in [0.3, 0.4) is 0 Å². The molecule has 1 aromatic carbocycles. The number of rotatable bonds is 4. The molecular formula is C12H13NO4S. The number of unbranched alkanes of at least 4 members (excludes halogenated alkanes) is 1. The van der Waals surface area contributed by atoms with Gasteiger partial charge in [-0.25, -0.2) is 8.42 Å². The number of carbonyl (C=O) groups is 2. The van der Waals surface area contributed by atoms with Crippen LogP contribution in [0, 0.1) is 0 Å². The van der Waals surface area contributed by atoms with E-state index in [-0.39, 0.29) is 16.9 Å². The predicted octanol–water partition coefficient (Wildman–Crippen LogP) is 1.41. The van der Waals surface area contributed by atoms with Crippen LogP contribution in [-0.2, 0) is 10.0 Å². The first kappa shape index (κ1) is 12.8. The van der Waals surface area contributed by atoms with Crippen molar-refractivity contribution in [3.8, 4) is 0 Å². The molecule has 0 fully saturated rings. The maximum atomic E-state index is 12.0. The van der Waals surface area contributed by atoms with Gasteiger partial charge in [-0.15, -0.1) is 0 Å². The van der Waals surface area contributed by atoms with Crippen LogP contribution in [0.25, 0.3) is 0 Å². The van der Waals surface area contributed by atoms with Gasteiger partial charge in [0.15, 0.2) is 0 Å². The van der Waals surface area contributed by atoms with E-state index in [1.807, 2.05) is 6.92 Å².